The topological polar surface area (TPSA) is 69.6 Å². The SMILES string of the molecule is CN(C)SNC(=S)CCCS(=O)(=O)O. The Morgan fingerprint density at radius 1 is 1.57 bits per heavy atom. The van der Waals surface area contributed by atoms with E-state index in [4.69, 9.17) is 16.8 Å². The molecule has 8 heteroatoms. The van der Waals surface area contributed by atoms with Crippen molar-refractivity contribution in [2.45, 2.75) is 12.8 Å². The lowest BCUT2D eigenvalue weighted by Crippen LogP contribution is -2.19. The van der Waals surface area contributed by atoms with E-state index >= 15 is 0 Å². The van der Waals surface area contributed by atoms with Gasteiger partial charge in [0.05, 0.1) is 10.7 Å². The molecule has 0 aromatic rings. The largest absolute Gasteiger partial charge is 0.311 e. The summed E-state index contributed by atoms with van der Waals surface area (Å²) in [5, 5.41) is 0. The van der Waals surface area contributed by atoms with Gasteiger partial charge >= 0.3 is 0 Å². The van der Waals surface area contributed by atoms with Crippen LogP contribution in [0.3, 0.4) is 0 Å². The first-order valence-electron chi connectivity index (χ1n) is 3.89. The Balaban J connectivity index is 3.55. The van der Waals surface area contributed by atoms with Crippen molar-refractivity contribution in [2.24, 2.45) is 0 Å². The fourth-order valence-corrected chi connectivity index (χ4v) is 1.76. The molecule has 0 unspecified atom stereocenters. The highest BCUT2D eigenvalue weighted by atomic mass is 32.2. The molecule has 5 nitrogen and oxygen atoms in total. The van der Waals surface area contributed by atoms with Crippen LogP contribution in [0, 0.1) is 0 Å². The van der Waals surface area contributed by atoms with Gasteiger partial charge in [-0.1, -0.05) is 12.2 Å². The molecule has 84 valence electrons. The second-order valence-electron chi connectivity index (χ2n) is 2.82. The van der Waals surface area contributed by atoms with Gasteiger partial charge in [-0.15, -0.1) is 0 Å². The number of rotatable bonds is 6. The van der Waals surface area contributed by atoms with Crippen LogP contribution in [0.4, 0.5) is 0 Å². The molecule has 0 aliphatic carbocycles. The van der Waals surface area contributed by atoms with Crippen LogP contribution in [-0.4, -0.2) is 42.1 Å². The average Bonchev–Trinajstić information content (AvgIpc) is 1.98. The number of nitrogens with zero attached hydrogens (tertiary/aromatic N) is 1. The average molecular weight is 258 g/mol. The van der Waals surface area contributed by atoms with E-state index in [-0.39, 0.29) is 5.75 Å². The van der Waals surface area contributed by atoms with Crippen LogP contribution >= 0.6 is 24.4 Å². The molecular formula is C6H14N2O3S3. The van der Waals surface area contributed by atoms with Gasteiger partial charge in [0.1, 0.15) is 0 Å². The third-order valence-corrected chi connectivity index (χ3v) is 3.09. The monoisotopic (exact) mass is 258 g/mol. The molecule has 0 saturated carbocycles. The summed E-state index contributed by atoms with van der Waals surface area (Å²) in [6.07, 6.45) is 0.786. The van der Waals surface area contributed by atoms with Gasteiger partial charge in [-0.25, -0.2) is 4.31 Å². The fourth-order valence-electron chi connectivity index (χ4n) is 0.608. The zero-order chi connectivity index (χ0) is 11.2. The second-order valence-corrected chi connectivity index (χ2v) is 6.00. The summed E-state index contributed by atoms with van der Waals surface area (Å²) >= 11 is 6.25. The maximum Gasteiger partial charge on any atom is 0.264 e. The normalized spacial score (nSPS) is 11.7. The van der Waals surface area contributed by atoms with Crippen molar-refractivity contribution in [1.82, 2.24) is 9.03 Å². The molecule has 0 aromatic carbocycles. The first-order chi connectivity index (χ1) is 6.31. The predicted octanol–water partition coefficient (Wildman–Crippen LogP) is 0.696. The molecule has 0 aliphatic heterocycles. The van der Waals surface area contributed by atoms with Gasteiger partial charge in [-0.05, 0) is 26.9 Å². The molecule has 2 N–H and O–H groups in total. The van der Waals surface area contributed by atoms with Gasteiger partial charge in [0.25, 0.3) is 10.1 Å². The summed E-state index contributed by atoms with van der Waals surface area (Å²) in [6, 6.07) is 0. The Hall–Kier alpha value is 0.110. The lowest BCUT2D eigenvalue weighted by atomic mass is 10.3. The Kier molecular flexibility index (Phi) is 6.62. The summed E-state index contributed by atoms with van der Waals surface area (Å²) in [6.45, 7) is 0. The predicted molar refractivity (Wildman–Crippen MR) is 62.7 cm³/mol. The van der Waals surface area contributed by atoms with E-state index in [1.165, 1.54) is 12.1 Å². The number of hydrogen-bond donors (Lipinski definition) is 2. The maximum absolute atomic E-state index is 10.4. The van der Waals surface area contributed by atoms with Crippen LogP contribution in [-0.2, 0) is 10.1 Å². The molecule has 0 rings (SSSR count). The molecular weight excluding hydrogens is 244 g/mol. The van der Waals surface area contributed by atoms with Crippen LogP contribution < -0.4 is 4.72 Å². The van der Waals surface area contributed by atoms with Gasteiger partial charge in [0.2, 0.25) is 0 Å². The van der Waals surface area contributed by atoms with Crippen molar-refractivity contribution in [3.05, 3.63) is 0 Å². The Bertz CT molecular complexity index is 276. The number of hydrogen-bond acceptors (Lipinski definition) is 5. The minimum atomic E-state index is -3.86. The number of thiocarbonyl (C=S) groups is 1. The van der Waals surface area contributed by atoms with Crippen LogP contribution in [0.15, 0.2) is 0 Å². The molecule has 0 aliphatic rings. The van der Waals surface area contributed by atoms with E-state index in [1.807, 2.05) is 18.4 Å². The van der Waals surface area contributed by atoms with Crippen LogP contribution in [0.5, 0.6) is 0 Å². The summed E-state index contributed by atoms with van der Waals surface area (Å²) in [5.74, 6) is -0.249. The first kappa shape index (κ1) is 14.1. The molecule has 0 saturated heterocycles. The molecule has 0 atom stereocenters. The van der Waals surface area contributed by atoms with Crippen molar-refractivity contribution in [3.8, 4) is 0 Å². The molecule has 0 spiro atoms. The van der Waals surface area contributed by atoms with Gasteiger partial charge in [0.15, 0.2) is 0 Å². The lowest BCUT2D eigenvalue weighted by molar-refractivity contribution is 0.481. The smallest absolute Gasteiger partial charge is 0.264 e. The van der Waals surface area contributed by atoms with Gasteiger partial charge in [-0.2, -0.15) is 8.42 Å². The van der Waals surface area contributed by atoms with E-state index < -0.39 is 10.1 Å². The van der Waals surface area contributed by atoms with Crippen molar-refractivity contribution in [1.29, 1.82) is 0 Å². The minimum Gasteiger partial charge on any atom is -0.311 e. The van der Waals surface area contributed by atoms with Crippen molar-refractivity contribution in [3.63, 3.8) is 0 Å². The summed E-state index contributed by atoms with van der Waals surface area (Å²) in [7, 11) is -0.137. The minimum absolute atomic E-state index is 0.249. The van der Waals surface area contributed by atoms with Crippen LogP contribution in [0.25, 0.3) is 0 Å². The van der Waals surface area contributed by atoms with E-state index in [1.54, 1.807) is 0 Å². The Morgan fingerprint density at radius 2 is 2.14 bits per heavy atom. The highest BCUT2D eigenvalue weighted by molar-refractivity contribution is 7.96. The molecule has 14 heavy (non-hydrogen) atoms. The Morgan fingerprint density at radius 3 is 2.57 bits per heavy atom. The van der Waals surface area contributed by atoms with E-state index in [0.29, 0.717) is 17.8 Å². The van der Waals surface area contributed by atoms with E-state index in [0.717, 1.165) is 0 Å². The van der Waals surface area contributed by atoms with Crippen molar-refractivity contribution < 1.29 is 13.0 Å². The van der Waals surface area contributed by atoms with Gasteiger partial charge < -0.3 is 4.72 Å². The zero-order valence-corrected chi connectivity index (χ0v) is 10.5. The third kappa shape index (κ3) is 10.2. The molecule has 0 heterocycles. The second kappa shape index (κ2) is 6.57. The maximum atomic E-state index is 10.4. The first-order valence-corrected chi connectivity index (χ1v) is 6.68. The van der Waals surface area contributed by atoms with Crippen LogP contribution in [0.1, 0.15) is 12.8 Å². The summed E-state index contributed by atoms with van der Waals surface area (Å²) < 4.78 is 33.9. The highest BCUT2D eigenvalue weighted by Crippen LogP contribution is 2.01. The highest BCUT2D eigenvalue weighted by Gasteiger charge is 2.05. The fraction of sp³-hybridized carbons (Fsp3) is 0.833. The van der Waals surface area contributed by atoms with Crippen LogP contribution in [0.2, 0.25) is 0 Å². The molecule has 0 fully saturated rings. The van der Waals surface area contributed by atoms with E-state index in [9.17, 15) is 8.42 Å². The number of nitrogens with one attached hydrogen (secondary N) is 1. The van der Waals surface area contributed by atoms with Gasteiger partial charge in [-0.3, -0.25) is 4.55 Å². The van der Waals surface area contributed by atoms with Crippen molar-refractivity contribution in [2.75, 3.05) is 19.8 Å². The lowest BCUT2D eigenvalue weighted by Gasteiger charge is -2.10. The van der Waals surface area contributed by atoms with Gasteiger partial charge in [0, 0.05) is 12.1 Å². The molecule has 0 aromatic heterocycles. The molecule has 0 amide bonds. The third-order valence-electron chi connectivity index (χ3n) is 1.15. The molecule has 0 bridgehead atoms. The zero-order valence-electron chi connectivity index (χ0n) is 8.06. The summed E-state index contributed by atoms with van der Waals surface area (Å²) in [5.41, 5.74) is 0. The van der Waals surface area contributed by atoms with E-state index in [2.05, 4.69) is 4.72 Å². The molecule has 0 radical (unpaired) electrons. The van der Waals surface area contributed by atoms with Crippen molar-refractivity contribution >= 4 is 39.5 Å². The summed E-state index contributed by atoms with van der Waals surface area (Å²) in [4.78, 5) is 0.576. The quantitative estimate of drug-likeness (QED) is 0.413. The standard InChI is InChI=1S/C6H14N2O3S3/c1-8(2)13-7-6(12)4-3-5-14(9,10)11/h3-5H2,1-2H3,(H,7,12)(H,9,10,11). The Labute approximate surface area is 94.3 Å².